The highest BCUT2D eigenvalue weighted by Crippen LogP contribution is 2.51. The second-order valence-electron chi connectivity index (χ2n) is 6.59. The summed E-state index contributed by atoms with van der Waals surface area (Å²) >= 11 is 0. The van der Waals surface area contributed by atoms with Crippen molar-refractivity contribution < 1.29 is 4.74 Å². The van der Waals surface area contributed by atoms with E-state index in [1.165, 1.54) is 16.7 Å². The summed E-state index contributed by atoms with van der Waals surface area (Å²) in [6, 6.07) is 30.3. The summed E-state index contributed by atoms with van der Waals surface area (Å²) in [5, 5.41) is 0. The van der Waals surface area contributed by atoms with Crippen LogP contribution < -0.4 is 4.74 Å². The monoisotopic (exact) mass is 326 g/mol. The average molecular weight is 326 g/mol. The van der Waals surface area contributed by atoms with Crippen molar-refractivity contribution in [1.29, 1.82) is 0 Å². The quantitative estimate of drug-likeness (QED) is 0.557. The van der Waals surface area contributed by atoms with E-state index in [0.717, 1.165) is 12.2 Å². The van der Waals surface area contributed by atoms with E-state index in [2.05, 4.69) is 97.1 Å². The minimum absolute atomic E-state index is 0.0584. The summed E-state index contributed by atoms with van der Waals surface area (Å²) in [4.78, 5) is 0. The zero-order valence-corrected chi connectivity index (χ0v) is 14.4. The van der Waals surface area contributed by atoms with Crippen molar-refractivity contribution >= 4 is 0 Å². The molecule has 1 aliphatic carbocycles. The molecule has 1 aliphatic rings. The second-order valence-corrected chi connectivity index (χ2v) is 6.59. The minimum atomic E-state index is -0.0584. The zero-order valence-electron chi connectivity index (χ0n) is 14.4. The number of allylic oxidation sites excluding steroid dienone is 2. The fraction of sp³-hybridized carbons (Fsp3) is 0.167. The fourth-order valence-electron chi connectivity index (χ4n) is 4.12. The maximum absolute atomic E-state index is 5.34. The van der Waals surface area contributed by atoms with Gasteiger partial charge in [0.05, 0.1) is 7.11 Å². The van der Waals surface area contributed by atoms with E-state index in [1.807, 2.05) is 0 Å². The summed E-state index contributed by atoms with van der Waals surface area (Å²) in [5.41, 5.74) is 4.00. The van der Waals surface area contributed by atoms with E-state index in [4.69, 9.17) is 4.74 Å². The molecule has 0 unspecified atom stereocenters. The molecule has 0 radical (unpaired) electrons. The molecular weight excluding hydrogens is 304 g/mol. The summed E-state index contributed by atoms with van der Waals surface area (Å²) in [6.45, 7) is 0. The Labute approximate surface area is 149 Å². The van der Waals surface area contributed by atoms with Crippen molar-refractivity contribution in [2.24, 2.45) is 0 Å². The van der Waals surface area contributed by atoms with Gasteiger partial charge in [-0.3, -0.25) is 0 Å². The van der Waals surface area contributed by atoms with Crippen LogP contribution in [0.25, 0.3) is 0 Å². The minimum Gasteiger partial charge on any atom is -0.497 e. The molecule has 1 atom stereocenters. The molecule has 0 fully saturated rings. The number of hydrogen-bond donors (Lipinski definition) is 0. The molecular formula is C24H22O. The van der Waals surface area contributed by atoms with E-state index >= 15 is 0 Å². The van der Waals surface area contributed by atoms with E-state index in [0.29, 0.717) is 5.92 Å². The first kappa shape index (κ1) is 15.7. The van der Waals surface area contributed by atoms with Crippen molar-refractivity contribution in [3.05, 3.63) is 114 Å². The van der Waals surface area contributed by atoms with Gasteiger partial charge in [0.2, 0.25) is 0 Å². The van der Waals surface area contributed by atoms with Crippen LogP contribution in [-0.2, 0) is 5.41 Å². The SMILES string of the molecule is COc1ccc([C@H]2C=CCC2(c2ccccc2)c2ccccc2)cc1. The van der Waals surface area contributed by atoms with Crippen molar-refractivity contribution in [3.63, 3.8) is 0 Å². The Morgan fingerprint density at radius 1 is 0.760 bits per heavy atom. The van der Waals surface area contributed by atoms with Crippen LogP contribution in [0.3, 0.4) is 0 Å². The highest BCUT2D eigenvalue weighted by Gasteiger charge is 2.43. The van der Waals surface area contributed by atoms with Gasteiger partial charge in [0.15, 0.2) is 0 Å². The van der Waals surface area contributed by atoms with Crippen LogP contribution in [0.15, 0.2) is 97.1 Å². The van der Waals surface area contributed by atoms with E-state index in [1.54, 1.807) is 7.11 Å². The lowest BCUT2D eigenvalue weighted by Gasteiger charge is -2.37. The smallest absolute Gasteiger partial charge is 0.118 e. The Balaban J connectivity index is 1.88. The largest absolute Gasteiger partial charge is 0.497 e. The van der Waals surface area contributed by atoms with Crippen LogP contribution in [0.4, 0.5) is 0 Å². The third-order valence-corrected chi connectivity index (χ3v) is 5.35. The maximum Gasteiger partial charge on any atom is 0.118 e. The molecule has 0 spiro atoms. The lowest BCUT2D eigenvalue weighted by Crippen LogP contribution is -2.31. The van der Waals surface area contributed by atoms with Gasteiger partial charge in [-0.15, -0.1) is 0 Å². The Morgan fingerprint density at radius 2 is 1.32 bits per heavy atom. The highest BCUT2D eigenvalue weighted by molar-refractivity contribution is 5.50. The molecule has 0 saturated heterocycles. The van der Waals surface area contributed by atoms with Gasteiger partial charge in [0.25, 0.3) is 0 Å². The van der Waals surface area contributed by atoms with Gasteiger partial charge in [-0.05, 0) is 35.2 Å². The fourth-order valence-corrected chi connectivity index (χ4v) is 4.12. The zero-order chi connectivity index (χ0) is 17.1. The van der Waals surface area contributed by atoms with Gasteiger partial charge in [-0.2, -0.15) is 0 Å². The maximum atomic E-state index is 5.34. The van der Waals surface area contributed by atoms with Gasteiger partial charge in [-0.25, -0.2) is 0 Å². The van der Waals surface area contributed by atoms with Gasteiger partial charge in [0.1, 0.15) is 5.75 Å². The van der Waals surface area contributed by atoms with Gasteiger partial charge < -0.3 is 4.74 Å². The van der Waals surface area contributed by atoms with Gasteiger partial charge in [-0.1, -0.05) is 84.9 Å². The first-order valence-electron chi connectivity index (χ1n) is 8.76. The van der Waals surface area contributed by atoms with Crippen molar-refractivity contribution in [2.45, 2.75) is 17.8 Å². The van der Waals surface area contributed by atoms with Crippen molar-refractivity contribution in [2.75, 3.05) is 7.11 Å². The molecule has 3 aromatic rings. The molecule has 0 N–H and O–H groups in total. The highest BCUT2D eigenvalue weighted by atomic mass is 16.5. The summed E-state index contributed by atoms with van der Waals surface area (Å²) in [7, 11) is 1.71. The van der Waals surface area contributed by atoms with Crippen LogP contribution >= 0.6 is 0 Å². The molecule has 3 aromatic carbocycles. The third-order valence-electron chi connectivity index (χ3n) is 5.35. The number of hydrogen-bond acceptors (Lipinski definition) is 1. The molecule has 0 saturated carbocycles. The molecule has 0 heterocycles. The number of benzene rings is 3. The van der Waals surface area contributed by atoms with Crippen LogP contribution in [0.1, 0.15) is 29.0 Å². The van der Waals surface area contributed by atoms with Gasteiger partial charge in [0, 0.05) is 11.3 Å². The Hall–Kier alpha value is -2.80. The molecule has 0 amide bonds. The summed E-state index contributed by atoms with van der Waals surface area (Å²) in [6.07, 6.45) is 5.70. The molecule has 0 bridgehead atoms. The van der Waals surface area contributed by atoms with Crippen molar-refractivity contribution in [3.8, 4) is 5.75 Å². The van der Waals surface area contributed by atoms with Crippen LogP contribution in [0.5, 0.6) is 5.75 Å². The second kappa shape index (κ2) is 6.60. The molecule has 25 heavy (non-hydrogen) atoms. The molecule has 124 valence electrons. The average Bonchev–Trinajstić information content (AvgIpc) is 3.15. The first-order chi connectivity index (χ1) is 12.3. The number of methoxy groups -OCH3 is 1. The van der Waals surface area contributed by atoms with Crippen LogP contribution in [-0.4, -0.2) is 7.11 Å². The van der Waals surface area contributed by atoms with E-state index < -0.39 is 0 Å². The standard InChI is InChI=1S/C24H22O/c1-25-22-16-14-19(15-17-22)23-13-8-18-24(23,20-9-4-2-5-10-20)21-11-6-3-7-12-21/h2-17,23H,18H2,1H3/t23-/m1/s1. The predicted molar refractivity (Wildman–Crippen MR) is 103 cm³/mol. The lowest BCUT2D eigenvalue weighted by molar-refractivity contribution is 0.414. The molecule has 1 nitrogen and oxygen atoms in total. The third kappa shape index (κ3) is 2.66. The topological polar surface area (TPSA) is 9.23 Å². The molecule has 4 rings (SSSR count). The van der Waals surface area contributed by atoms with E-state index in [9.17, 15) is 0 Å². The molecule has 1 heteroatoms. The molecule has 0 aliphatic heterocycles. The molecule has 0 aromatic heterocycles. The lowest BCUT2D eigenvalue weighted by atomic mass is 9.65. The number of ether oxygens (including phenoxy) is 1. The van der Waals surface area contributed by atoms with E-state index in [-0.39, 0.29) is 5.41 Å². The summed E-state index contributed by atoms with van der Waals surface area (Å²) in [5.74, 6) is 1.21. The number of rotatable bonds is 4. The Kier molecular flexibility index (Phi) is 4.15. The van der Waals surface area contributed by atoms with Crippen LogP contribution in [0.2, 0.25) is 0 Å². The normalized spacial score (nSPS) is 18.2. The van der Waals surface area contributed by atoms with Crippen LogP contribution in [0, 0.1) is 0 Å². The van der Waals surface area contributed by atoms with Gasteiger partial charge >= 0.3 is 0 Å². The predicted octanol–water partition coefficient (Wildman–Crippen LogP) is 5.73. The van der Waals surface area contributed by atoms with Crippen molar-refractivity contribution in [1.82, 2.24) is 0 Å². The Morgan fingerprint density at radius 3 is 1.84 bits per heavy atom. The Bertz CT molecular complexity index is 808. The first-order valence-corrected chi connectivity index (χ1v) is 8.76. The summed E-state index contributed by atoms with van der Waals surface area (Å²) < 4.78 is 5.34.